The van der Waals surface area contributed by atoms with Crippen LogP contribution in [0.2, 0.25) is 0 Å². The van der Waals surface area contributed by atoms with Gasteiger partial charge in [-0.1, -0.05) is 60.2 Å². The summed E-state index contributed by atoms with van der Waals surface area (Å²) in [4.78, 5) is 28.1. The van der Waals surface area contributed by atoms with Crippen LogP contribution in [0.3, 0.4) is 0 Å². The van der Waals surface area contributed by atoms with Crippen molar-refractivity contribution in [1.82, 2.24) is 9.62 Å². The van der Waals surface area contributed by atoms with Gasteiger partial charge in [-0.25, -0.2) is 8.42 Å². The molecular weight excluding hydrogens is 502 g/mol. The molecular formula is C29H33N3O5S. The number of amides is 2. The molecule has 0 bridgehead atoms. The first-order valence-electron chi connectivity index (χ1n) is 12.5. The summed E-state index contributed by atoms with van der Waals surface area (Å²) < 4.78 is 33.8. The summed E-state index contributed by atoms with van der Waals surface area (Å²) in [5.41, 5.74) is 3.83. The first-order valence-corrected chi connectivity index (χ1v) is 13.9. The number of carbonyl (C=O) groups excluding carboxylic acids is 2. The topological polar surface area (TPSA) is 96.0 Å². The Morgan fingerprint density at radius 2 is 1.63 bits per heavy atom. The zero-order valence-corrected chi connectivity index (χ0v) is 22.9. The van der Waals surface area contributed by atoms with Crippen LogP contribution in [0.15, 0.2) is 71.6 Å². The maximum Gasteiger partial charge on any atom is 0.262 e. The van der Waals surface area contributed by atoms with Crippen LogP contribution in [0, 0.1) is 20.8 Å². The standard InChI is InChI=1S/C29H33N3O5S/c1-20-16-21(2)28(22(3)17-20)38(35,36)31(4)19-27(33)32-18-26(37-25-13-9-8-12-24(25)32)29(34)30-15-14-23-10-6-5-7-11-23/h5-13,16-17,26H,14-15,18-19H2,1-4H3,(H,30,34). The monoisotopic (exact) mass is 535 g/mol. The van der Waals surface area contributed by atoms with Crippen molar-refractivity contribution in [3.8, 4) is 5.75 Å². The molecule has 1 unspecified atom stereocenters. The summed E-state index contributed by atoms with van der Waals surface area (Å²) in [6.45, 7) is 5.43. The van der Waals surface area contributed by atoms with Gasteiger partial charge in [-0.15, -0.1) is 0 Å². The van der Waals surface area contributed by atoms with Crippen LogP contribution in [-0.4, -0.2) is 57.3 Å². The van der Waals surface area contributed by atoms with Crippen molar-refractivity contribution in [2.24, 2.45) is 0 Å². The van der Waals surface area contributed by atoms with Crippen molar-refractivity contribution in [3.63, 3.8) is 0 Å². The van der Waals surface area contributed by atoms with Gasteiger partial charge in [-0.05, 0) is 56.0 Å². The summed E-state index contributed by atoms with van der Waals surface area (Å²) >= 11 is 0. The second-order valence-corrected chi connectivity index (χ2v) is 11.6. The van der Waals surface area contributed by atoms with Gasteiger partial charge in [0.2, 0.25) is 15.9 Å². The molecule has 0 saturated carbocycles. The molecule has 3 aromatic carbocycles. The summed E-state index contributed by atoms with van der Waals surface area (Å²) in [6, 6.07) is 20.4. The number of hydrogen-bond donors (Lipinski definition) is 1. The Labute approximate surface area is 224 Å². The molecule has 1 N–H and O–H groups in total. The molecule has 9 heteroatoms. The number of nitrogens with zero attached hydrogens (tertiary/aromatic N) is 2. The minimum absolute atomic E-state index is 0.0243. The Kier molecular flexibility index (Phi) is 8.18. The van der Waals surface area contributed by atoms with Crippen molar-refractivity contribution >= 4 is 27.5 Å². The van der Waals surface area contributed by atoms with E-state index < -0.39 is 22.0 Å². The smallest absolute Gasteiger partial charge is 0.262 e. The second-order valence-electron chi connectivity index (χ2n) is 9.59. The number of hydrogen-bond acceptors (Lipinski definition) is 5. The number of ether oxygens (including phenoxy) is 1. The van der Waals surface area contributed by atoms with Crippen molar-refractivity contribution in [2.45, 2.75) is 38.2 Å². The van der Waals surface area contributed by atoms with Gasteiger partial charge in [0, 0.05) is 13.6 Å². The fourth-order valence-electron chi connectivity index (χ4n) is 4.79. The fourth-order valence-corrected chi connectivity index (χ4v) is 6.31. The van der Waals surface area contributed by atoms with Crippen LogP contribution in [0.1, 0.15) is 22.3 Å². The average molecular weight is 536 g/mol. The van der Waals surface area contributed by atoms with E-state index in [1.54, 1.807) is 38.1 Å². The number of para-hydroxylation sites is 2. The number of carbonyl (C=O) groups is 2. The minimum atomic E-state index is -3.92. The zero-order valence-electron chi connectivity index (χ0n) is 22.1. The van der Waals surface area contributed by atoms with E-state index in [1.165, 1.54) is 11.9 Å². The number of sulfonamides is 1. The van der Waals surface area contributed by atoms with Gasteiger partial charge in [-0.3, -0.25) is 9.59 Å². The SMILES string of the molecule is Cc1cc(C)c(S(=O)(=O)N(C)CC(=O)N2CC(C(=O)NCCc3ccccc3)Oc3ccccc32)c(C)c1. The van der Waals surface area contributed by atoms with E-state index in [4.69, 9.17) is 4.74 Å². The second kappa shape index (κ2) is 11.4. The molecule has 1 aliphatic heterocycles. The lowest BCUT2D eigenvalue weighted by molar-refractivity contribution is -0.128. The van der Waals surface area contributed by atoms with Crippen LogP contribution in [0.25, 0.3) is 0 Å². The van der Waals surface area contributed by atoms with E-state index >= 15 is 0 Å². The first-order chi connectivity index (χ1) is 18.1. The lowest BCUT2D eigenvalue weighted by Crippen LogP contribution is -2.53. The molecule has 38 heavy (non-hydrogen) atoms. The van der Waals surface area contributed by atoms with Crippen molar-refractivity contribution in [1.29, 1.82) is 0 Å². The minimum Gasteiger partial charge on any atom is -0.477 e. The lowest BCUT2D eigenvalue weighted by atomic mass is 10.1. The van der Waals surface area contributed by atoms with E-state index in [0.29, 0.717) is 35.5 Å². The zero-order chi connectivity index (χ0) is 27.4. The number of aryl methyl sites for hydroxylation is 3. The number of benzene rings is 3. The Morgan fingerprint density at radius 3 is 2.32 bits per heavy atom. The van der Waals surface area contributed by atoms with E-state index in [1.807, 2.05) is 49.4 Å². The molecule has 0 saturated heterocycles. The number of anilines is 1. The highest BCUT2D eigenvalue weighted by atomic mass is 32.2. The predicted molar refractivity (Wildman–Crippen MR) is 147 cm³/mol. The molecule has 0 spiro atoms. The van der Waals surface area contributed by atoms with Crippen molar-refractivity contribution in [3.05, 3.63) is 89.0 Å². The third-order valence-corrected chi connectivity index (χ3v) is 8.66. The molecule has 0 aliphatic carbocycles. The molecule has 4 rings (SSSR count). The summed E-state index contributed by atoms with van der Waals surface area (Å²) in [6.07, 6.45) is -0.257. The normalized spacial score (nSPS) is 15.1. The van der Waals surface area contributed by atoms with E-state index in [0.717, 1.165) is 15.4 Å². The van der Waals surface area contributed by atoms with Crippen LogP contribution in [0.4, 0.5) is 5.69 Å². The molecule has 1 atom stereocenters. The fraction of sp³-hybridized carbons (Fsp3) is 0.310. The Bertz CT molecular complexity index is 1420. The largest absolute Gasteiger partial charge is 0.477 e. The van der Waals surface area contributed by atoms with Crippen molar-refractivity contribution < 1.29 is 22.7 Å². The number of nitrogens with one attached hydrogen (secondary N) is 1. The predicted octanol–water partition coefficient (Wildman–Crippen LogP) is 3.39. The molecule has 0 radical (unpaired) electrons. The molecule has 0 fully saturated rings. The van der Waals surface area contributed by atoms with Crippen LogP contribution >= 0.6 is 0 Å². The average Bonchev–Trinajstić information content (AvgIpc) is 2.87. The van der Waals surface area contributed by atoms with E-state index in [9.17, 15) is 18.0 Å². The van der Waals surface area contributed by atoms with Gasteiger partial charge in [0.1, 0.15) is 5.75 Å². The maximum atomic E-state index is 13.5. The third kappa shape index (κ3) is 5.89. The van der Waals surface area contributed by atoms with Gasteiger partial charge < -0.3 is 15.0 Å². The highest BCUT2D eigenvalue weighted by Crippen LogP contribution is 2.33. The lowest BCUT2D eigenvalue weighted by Gasteiger charge is -2.35. The van der Waals surface area contributed by atoms with Gasteiger partial charge in [0.15, 0.2) is 6.10 Å². The Hall–Kier alpha value is -3.69. The molecule has 200 valence electrons. The van der Waals surface area contributed by atoms with Crippen LogP contribution < -0.4 is 15.0 Å². The van der Waals surface area contributed by atoms with E-state index in [-0.39, 0.29) is 23.9 Å². The van der Waals surface area contributed by atoms with Gasteiger partial charge in [0.25, 0.3) is 5.91 Å². The van der Waals surface area contributed by atoms with Crippen LogP contribution in [0.5, 0.6) is 5.75 Å². The maximum absolute atomic E-state index is 13.5. The molecule has 0 aromatic heterocycles. The van der Waals surface area contributed by atoms with E-state index in [2.05, 4.69) is 5.32 Å². The summed E-state index contributed by atoms with van der Waals surface area (Å²) in [7, 11) is -2.53. The summed E-state index contributed by atoms with van der Waals surface area (Å²) in [5.74, 6) is -0.387. The number of fused-ring (bicyclic) bond motifs is 1. The van der Waals surface area contributed by atoms with Crippen LogP contribution in [-0.2, 0) is 26.0 Å². The molecule has 3 aromatic rings. The number of likely N-dealkylation sites (N-methyl/N-ethyl adjacent to an activating group) is 1. The molecule has 1 aliphatic rings. The van der Waals surface area contributed by atoms with Gasteiger partial charge in [-0.2, -0.15) is 4.31 Å². The van der Waals surface area contributed by atoms with Gasteiger partial charge in [0.05, 0.1) is 23.7 Å². The number of rotatable bonds is 8. The Balaban J connectivity index is 1.49. The first kappa shape index (κ1) is 27.3. The molecule has 2 amide bonds. The summed E-state index contributed by atoms with van der Waals surface area (Å²) in [5, 5.41) is 2.89. The van der Waals surface area contributed by atoms with Gasteiger partial charge >= 0.3 is 0 Å². The third-order valence-electron chi connectivity index (χ3n) is 6.55. The Morgan fingerprint density at radius 1 is 1.00 bits per heavy atom. The highest BCUT2D eigenvalue weighted by molar-refractivity contribution is 7.89. The van der Waals surface area contributed by atoms with Crippen molar-refractivity contribution in [2.75, 3.05) is 31.6 Å². The molecule has 1 heterocycles. The highest BCUT2D eigenvalue weighted by Gasteiger charge is 2.35. The quantitative estimate of drug-likeness (QED) is 0.477. The molecule has 8 nitrogen and oxygen atoms in total.